The van der Waals surface area contributed by atoms with Gasteiger partial charge >= 0.3 is 0 Å². The molecule has 0 unspecified atom stereocenters. The van der Waals surface area contributed by atoms with Crippen LogP contribution in [0.3, 0.4) is 0 Å². The lowest BCUT2D eigenvalue weighted by atomic mass is 10.1. The third-order valence-electron chi connectivity index (χ3n) is 3.08. The number of hydrogen-bond donors (Lipinski definition) is 1. The summed E-state index contributed by atoms with van der Waals surface area (Å²) >= 11 is 0. The highest BCUT2D eigenvalue weighted by Crippen LogP contribution is 2.12. The molecule has 0 amide bonds. The van der Waals surface area contributed by atoms with E-state index >= 15 is 0 Å². The maximum atomic E-state index is 5.85. The predicted molar refractivity (Wildman–Crippen MR) is 81.2 cm³/mol. The third-order valence-corrected chi connectivity index (χ3v) is 3.08. The molecule has 0 fully saturated rings. The second-order valence-corrected chi connectivity index (χ2v) is 6.42. The molecule has 0 spiro atoms. The zero-order chi connectivity index (χ0) is 14.3. The minimum Gasteiger partial charge on any atom is -0.463 e. The maximum Gasteiger partial charge on any atom is 0.118 e. The SMILES string of the molecule is CCCCCN(C)Cc1ccc(CNC(C)(C)C)o1. The fourth-order valence-electron chi connectivity index (χ4n) is 1.93. The van der Waals surface area contributed by atoms with Crippen LogP contribution in [-0.2, 0) is 13.1 Å². The van der Waals surface area contributed by atoms with Gasteiger partial charge in [-0.2, -0.15) is 0 Å². The van der Waals surface area contributed by atoms with E-state index in [2.05, 4.69) is 57.1 Å². The maximum absolute atomic E-state index is 5.85. The molecule has 0 saturated carbocycles. The van der Waals surface area contributed by atoms with Gasteiger partial charge < -0.3 is 9.73 Å². The van der Waals surface area contributed by atoms with Crippen molar-refractivity contribution < 1.29 is 4.42 Å². The summed E-state index contributed by atoms with van der Waals surface area (Å²) in [6.07, 6.45) is 3.85. The van der Waals surface area contributed by atoms with E-state index in [1.165, 1.54) is 19.3 Å². The summed E-state index contributed by atoms with van der Waals surface area (Å²) < 4.78 is 5.85. The Morgan fingerprint density at radius 2 is 1.84 bits per heavy atom. The fraction of sp³-hybridized carbons (Fsp3) is 0.750. The van der Waals surface area contributed by atoms with Gasteiger partial charge in [0, 0.05) is 5.54 Å². The van der Waals surface area contributed by atoms with Gasteiger partial charge in [-0.15, -0.1) is 0 Å². The van der Waals surface area contributed by atoms with Crippen molar-refractivity contribution in [3.05, 3.63) is 23.7 Å². The van der Waals surface area contributed by atoms with Crippen LogP contribution >= 0.6 is 0 Å². The second-order valence-electron chi connectivity index (χ2n) is 6.42. The average Bonchev–Trinajstić information content (AvgIpc) is 2.73. The van der Waals surface area contributed by atoms with Crippen LogP contribution in [0.2, 0.25) is 0 Å². The molecule has 1 aromatic heterocycles. The van der Waals surface area contributed by atoms with Crippen LogP contribution in [0.1, 0.15) is 58.5 Å². The molecule has 1 rings (SSSR count). The third kappa shape index (κ3) is 7.38. The molecule has 0 aliphatic carbocycles. The van der Waals surface area contributed by atoms with E-state index in [1.807, 2.05) is 0 Å². The summed E-state index contributed by atoms with van der Waals surface area (Å²) in [7, 11) is 2.16. The molecule has 0 aromatic carbocycles. The van der Waals surface area contributed by atoms with Gasteiger partial charge in [0.1, 0.15) is 11.5 Å². The minimum atomic E-state index is 0.129. The van der Waals surface area contributed by atoms with Crippen molar-refractivity contribution in [1.29, 1.82) is 0 Å². The van der Waals surface area contributed by atoms with E-state index in [0.29, 0.717) is 0 Å². The van der Waals surface area contributed by atoms with Crippen LogP contribution in [0.5, 0.6) is 0 Å². The molecule has 1 aromatic rings. The van der Waals surface area contributed by atoms with Crippen molar-refractivity contribution in [1.82, 2.24) is 10.2 Å². The standard InChI is InChI=1S/C16H30N2O/c1-6-7-8-11-18(5)13-15-10-9-14(19-15)12-17-16(2,3)4/h9-10,17H,6-8,11-13H2,1-5H3. The first-order valence-electron chi connectivity index (χ1n) is 7.42. The topological polar surface area (TPSA) is 28.4 Å². The van der Waals surface area contributed by atoms with Crippen LogP contribution in [0.15, 0.2) is 16.5 Å². The lowest BCUT2D eigenvalue weighted by molar-refractivity contribution is 0.281. The van der Waals surface area contributed by atoms with E-state index in [9.17, 15) is 0 Å². The van der Waals surface area contributed by atoms with Gasteiger partial charge in [0.2, 0.25) is 0 Å². The summed E-state index contributed by atoms with van der Waals surface area (Å²) in [6, 6.07) is 4.17. The molecule has 0 aliphatic heterocycles. The number of hydrogen-bond acceptors (Lipinski definition) is 3. The number of rotatable bonds is 8. The zero-order valence-electron chi connectivity index (χ0n) is 13.3. The lowest BCUT2D eigenvalue weighted by Gasteiger charge is -2.19. The Morgan fingerprint density at radius 1 is 1.16 bits per heavy atom. The molecule has 0 radical (unpaired) electrons. The molecule has 0 aliphatic rings. The summed E-state index contributed by atoms with van der Waals surface area (Å²) in [6.45, 7) is 11.6. The molecule has 0 saturated heterocycles. The van der Waals surface area contributed by atoms with Crippen molar-refractivity contribution >= 4 is 0 Å². The Morgan fingerprint density at radius 3 is 2.47 bits per heavy atom. The Labute approximate surface area is 118 Å². The van der Waals surface area contributed by atoms with E-state index in [4.69, 9.17) is 4.42 Å². The summed E-state index contributed by atoms with van der Waals surface area (Å²) in [5, 5.41) is 3.44. The molecule has 3 nitrogen and oxygen atoms in total. The molecule has 0 bridgehead atoms. The van der Waals surface area contributed by atoms with E-state index < -0.39 is 0 Å². The first-order chi connectivity index (χ1) is 8.90. The highest BCUT2D eigenvalue weighted by atomic mass is 16.3. The van der Waals surface area contributed by atoms with Crippen LogP contribution in [-0.4, -0.2) is 24.0 Å². The van der Waals surface area contributed by atoms with Crippen molar-refractivity contribution in [3.63, 3.8) is 0 Å². The van der Waals surface area contributed by atoms with Crippen LogP contribution in [0, 0.1) is 0 Å². The molecule has 1 N–H and O–H groups in total. The molecule has 0 atom stereocenters. The van der Waals surface area contributed by atoms with Gasteiger partial charge in [0.15, 0.2) is 0 Å². The quantitative estimate of drug-likeness (QED) is 0.726. The molecule has 110 valence electrons. The summed E-state index contributed by atoms with van der Waals surface area (Å²) in [5.41, 5.74) is 0.129. The van der Waals surface area contributed by atoms with Crippen molar-refractivity contribution in [2.24, 2.45) is 0 Å². The largest absolute Gasteiger partial charge is 0.463 e. The monoisotopic (exact) mass is 266 g/mol. The van der Waals surface area contributed by atoms with Crippen LogP contribution < -0.4 is 5.32 Å². The number of unbranched alkanes of at least 4 members (excludes halogenated alkanes) is 2. The predicted octanol–water partition coefficient (Wildman–Crippen LogP) is 3.79. The van der Waals surface area contributed by atoms with E-state index in [0.717, 1.165) is 31.2 Å². The Kier molecular flexibility index (Phi) is 6.59. The van der Waals surface area contributed by atoms with E-state index in [1.54, 1.807) is 0 Å². The molecule has 1 heterocycles. The van der Waals surface area contributed by atoms with Crippen LogP contribution in [0.25, 0.3) is 0 Å². The molecule has 3 heteroatoms. The van der Waals surface area contributed by atoms with Gasteiger partial charge in [-0.1, -0.05) is 19.8 Å². The van der Waals surface area contributed by atoms with Gasteiger partial charge in [-0.3, -0.25) is 4.90 Å². The minimum absolute atomic E-state index is 0.129. The highest BCUT2D eigenvalue weighted by molar-refractivity contribution is 5.07. The first kappa shape index (κ1) is 16.3. The second kappa shape index (κ2) is 7.71. The first-order valence-corrected chi connectivity index (χ1v) is 7.42. The molecular weight excluding hydrogens is 236 g/mol. The number of nitrogens with one attached hydrogen (secondary N) is 1. The summed E-state index contributed by atoms with van der Waals surface area (Å²) in [5.74, 6) is 2.08. The normalized spacial score (nSPS) is 12.3. The smallest absolute Gasteiger partial charge is 0.118 e. The van der Waals surface area contributed by atoms with Crippen molar-refractivity contribution in [2.45, 2.75) is 65.6 Å². The van der Waals surface area contributed by atoms with Crippen molar-refractivity contribution in [3.8, 4) is 0 Å². The Hall–Kier alpha value is -0.800. The van der Waals surface area contributed by atoms with Gasteiger partial charge in [-0.05, 0) is 52.9 Å². The number of furan rings is 1. The van der Waals surface area contributed by atoms with Gasteiger partial charge in [0.05, 0.1) is 13.1 Å². The van der Waals surface area contributed by atoms with Gasteiger partial charge in [-0.25, -0.2) is 0 Å². The highest BCUT2D eigenvalue weighted by Gasteiger charge is 2.10. The zero-order valence-corrected chi connectivity index (χ0v) is 13.3. The Bertz CT molecular complexity index is 352. The van der Waals surface area contributed by atoms with Crippen molar-refractivity contribution in [2.75, 3.05) is 13.6 Å². The fourth-order valence-corrected chi connectivity index (χ4v) is 1.93. The average molecular weight is 266 g/mol. The molecular formula is C16H30N2O. The van der Waals surface area contributed by atoms with Crippen LogP contribution in [0.4, 0.5) is 0 Å². The lowest BCUT2D eigenvalue weighted by Crippen LogP contribution is -2.34. The van der Waals surface area contributed by atoms with E-state index in [-0.39, 0.29) is 5.54 Å². The molecule has 19 heavy (non-hydrogen) atoms. The number of nitrogens with zero attached hydrogens (tertiary/aromatic N) is 1. The van der Waals surface area contributed by atoms with Gasteiger partial charge in [0.25, 0.3) is 0 Å². The Balaban J connectivity index is 2.33. The summed E-state index contributed by atoms with van der Waals surface area (Å²) in [4.78, 5) is 2.33.